The van der Waals surface area contributed by atoms with Gasteiger partial charge >= 0.3 is 0 Å². The second-order valence-electron chi connectivity index (χ2n) is 7.13. The number of aryl methyl sites for hydroxylation is 3. The number of benzene rings is 1. The van der Waals surface area contributed by atoms with Crippen molar-refractivity contribution in [3.8, 4) is 0 Å². The smallest absolute Gasteiger partial charge is 0.252 e. The van der Waals surface area contributed by atoms with Gasteiger partial charge in [-0.25, -0.2) is 4.98 Å². The van der Waals surface area contributed by atoms with E-state index in [1.165, 1.54) is 5.56 Å². The van der Waals surface area contributed by atoms with Crippen molar-refractivity contribution in [2.75, 3.05) is 13.1 Å². The van der Waals surface area contributed by atoms with Gasteiger partial charge in [0.05, 0.1) is 16.6 Å². The minimum atomic E-state index is -0.0933. The van der Waals surface area contributed by atoms with Gasteiger partial charge in [0.1, 0.15) is 0 Å². The van der Waals surface area contributed by atoms with Gasteiger partial charge in [0, 0.05) is 25.8 Å². The average molecular weight is 380 g/mol. The van der Waals surface area contributed by atoms with Crippen LogP contribution in [0.2, 0.25) is 0 Å². The normalized spacial score (nSPS) is 11.4. The van der Waals surface area contributed by atoms with E-state index in [0.717, 1.165) is 47.6 Å². The quantitative estimate of drug-likeness (QED) is 0.684. The van der Waals surface area contributed by atoms with E-state index in [0.29, 0.717) is 12.1 Å². The highest BCUT2D eigenvalue weighted by Gasteiger charge is 2.18. The van der Waals surface area contributed by atoms with E-state index in [-0.39, 0.29) is 5.91 Å². The van der Waals surface area contributed by atoms with Crippen molar-refractivity contribution >= 4 is 16.9 Å². The van der Waals surface area contributed by atoms with Crippen molar-refractivity contribution in [2.24, 2.45) is 7.05 Å². The first kappa shape index (κ1) is 20.0. The van der Waals surface area contributed by atoms with Crippen LogP contribution in [0.1, 0.15) is 46.7 Å². The van der Waals surface area contributed by atoms with Crippen LogP contribution in [-0.4, -0.2) is 38.7 Å². The average Bonchev–Trinajstić information content (AvgIpc) is 2.97. The molecule has 0 fully saturated rings. The molecule has 3 aromatic rings. The van der Waals surface area contributed by atoms with Crippen LogP contribution in [0, 0.1) is 13.8 Å². The van der Waals surface area contributed by atoms with Gasteiger partial charge in [0.2, 0.25) is 0 Å². The molecule has 2 aromatic heterocycles. The molecule has 0 aliphatic carbocycles. The second-order valence-corrected chi connectivity index (χ2v) is 7.13. The maximum absolute atomic E-state index is 13.0. The van der Waals surface area contributed by atoms with Gasteiger partial charge < -0.3 is 5.32 Å². The number of carbonyl (C=O) groups excluding carboxylic acids is 1. The highest BCUT2D eigenvalue weighted by molar-refractivity contribution is 6.06. The molecule has 148 valence electrons. The summed E-state index contributed by atoms with van der Waals surface area (Å²) in [7, 11) is 1.85. The molecule has 3 rings (SSSR count). The summed E-state index contributed by atoms with van der Waals surface area (Å²) in [5.74, 6) is -0.0933. The largest absolute Gasteiger partial charge is 0.348 e. The van der Waals surface area contributed by atoms with Gasteiger partial charge in [-0.3, -0.25) is 14.4 Å². The van der Waals surface area contributed by atoms with Crippen molar-refractivity contribution in [1.29, 1.82) is 0 Å². The Bertz CT molecular complexity index is 988. The third-order valence-corrected chi connectivity index (χ3v) is 5.19. The molecule has 1 N–H and O–H groups in total. The summed E-state index contributed by atoms with van der Waals surface area (Å²) >= 11 is 0. The lowest BCUT2D eigenvalue weighted by Gasteiger charge is -2.20. The molecule has 0 aliphatic heterocycles. The van der Waals surface area contributed by atoms with Crippen molar-refractivity contribution in [2.45, 2.75) is 40.8 Å². The summed E-state index contributed by atoms with van der Waals surface area (Å²) in [5.41, 5.74) is 5.39. The number of hydrogen-bond donors (Lipinski definition) is 1. The molecule has 1 aromatic carbocycles. The Labute approximate surface area is 166 Å². The highest BCUT2D eigenvalue weighted by Crippen LogP contribution is 2.22. The first-order valence-corrected chi connectivity index (χ1v) is 9.82. The van der Waals surface area contributed by atoms with Crippen molar-refractivity contribution < 1.29 is 4.79 Å². The van der Waals surface area contributed by atoms with E-state index < -0.39 is 0 Å². The number of hydrogen-bond acceptors (Lipinski definition) is 4. The van der Waals surface area contributed by atoms with Crippen molar-refractivity contribution in [3.05, 3.63) is 58.4 Å². The molecular weight excluding hydrogens is 350 g/mol. The molecule has 0 spiro atoms. The number of carbonyl (C=O) groups is 1. The summed E-state index contributed by atoms with van der Waals surface area (Å²) in [6.07, 6.45) is 0. The zero-order valence-corrected chi connectivity index (χ0v) is 17.4. The van der Waals surface area contributed by atoms with Gasteiger partial charge in [-0.05, 0) is 44.1 Å². The lowest BCUT2D eigenvalue weighted by molar-refractivity contribution is 0.0952. The Kier molecular flexibility index (Phi) is 6.09. The predicted octanol–water partition coefficient (Wildman–Crippen LogP) is 3.36. The van der Waals surface area contributed by atoms with E-state index in [2.05, 4.69) is 52.3 Å². The Hall–Kier alpha value is -2.73. The van der Waals surface area contributed by atoms with E-state index in [9.17, 15) is 4.79 Å². The van der Waals surface area contributed by atoms with Crippen LogP contribution in [0.15, 0.2) is 30.3 Å². The summed E-state index contributed by atoms with van der Waals surface area (Å²) < 4.78 is 1.73. The molecule has 0 unspecified atom stereocenters. The first-order valence-electron chi connectivity index (χ1n) is 9.82. The Morgan fingerprint density at radius 2 is 1.82 bits per heavy atom. The number of amides is 1. The third-order valence-electron chi connectivity index (χ3n) is 5.19. The van der Waals surface area contributed by atoms with Crippen LogP contribution in [0.25, 0.3) is 11.0 Å². The number of aromatic nitrogens is 3. The number of pyridine rings is 1. The standard InChI is InChI=1S/C22H29N5O/c1-6-27(7-2)14-18-11-9-8-10-17(18)13-23-22(28)19-12-15(3)24-21-20(19)16(4)25-26(21)5/h8-12H,6-7,13-14H2,1-5H3,(H,23,28). The second kappa shape index (κ2) is 8.52. The van der Waals surface area contributed by atoms with Gasteiger partial charge in [0.15, 0.2) is 5.65 Å². The molecule has 0 bridgehead atoms. The minimum Gasteiger partial charge on any atom is -0.348 e. The topological polar surface area (TPSA) is 63.1 Å². The predicted molar refractivity (Wildman–Crippen MR) is 112 cm³/mol. The number of nitrogens with one attached hydrogen (secondary N) is 1. The van der Waals surface area contributed by atoms with Crippen LogP contribution >= 0.6 is 0 Å². The van der Waals surface area contributed by atoms with Gasteiger partial charge in [0.25, 0.3) is 5.91 Å². The molecule has 6 heteroatoms. The molecule has 0 atom stereocenters. The number of rotatable bonds is 7. The maximum atomic E-state index is 13.0. The SMILES string of the molecule is CCN(CC)Cc1ccccc1CNC(=O)c1cc(C)nc2c1c(C)nn2C. The van der Waals surface area contributed by atoms with E-state index in [1.807, 2.05) is 33.0 Å². The molecule has 0 radical (unpaired) electrons. The van der Waals surface area contributed by atoms with Gasteiger partial charge in [-0.2, -0.15) is 5.10 Å². The van der Waals surface area contributed by atoms with Crippen LogP contribution < -0.4 is 5.32 Å². The van der Waals surface area contributed by atoms with Crippen LogP contribution in [-0.2, 0) is 20.1 Å². The summed E-state index contributed by atoms with van der Waals surface area (Å²) in [4.78, 5) is 19.9. The fraction of sp³-hybridized carbons (Fsp3) is 0.409. The lowest BCUT2D eigenvalue weighted by Crippen LogP contribution is -2.26. The number of fused-ring (bicyclic) bond motifs is 1. The molecule has 6 nitrogen and oxygen atoms in total. The van der Waals surface area contributed by atoms with Gasteiger partial charge in [-0.1, -0.05) is 38.1 Å². The fourth-order valence-corrected chi connectivity index (χ4v) is 3.59. The Morgan fingerprint density at radius 3 is 2.50 bits per heavy atom. The molecule has 2 heterocycles. The van der Waals surface area contributed by atoms with E-state index >= 15 is 0 Å². The Morgan fingerprint density at radius 1 is 1.14 bits per heavy atom. The zero-order valence-electron chi connectivity index (χ0n) is 17.4. The molecule has 0 saturated carbocycles. The molecule has 28 heavy (non-hydrogen) atoms. The highest BCUT2D eigenvalue weighted by atomic mass is 16.1. The van der Waals surface area contributed by atoms with E-state index in [1.54, 1.807) is 4.68 Å². The van der Waals surface area contributed by atoms with Crippen LogP contribution in [0.4, 0.5) is 0 Å². The molecule has 0 aliphatic rings. The first-order chi connectivity index (χ1) is 13.4. The van der Waals surface area contributed by atoms with Crippen LogP contribution in [0.3, 0.4) is 0 Å². The summed E-state index contributed by atoms with van der Waals surface area (Å²) in [6, 6.07) is 10.1. The Balaban J connectivity index is 1.83. The van der Waals surface area contributed by atoms with Crippen LogP contribution in [0.5, 0.6) is 0 Å². The minimum absolute atomic E-state index is 0.0933. The van der Waals surface area contributed by atoms with Crippen molar-refractivity contribution in [3.63, 3.8) is 0 Å². The summed E-state index contributed by atoms with van der Waals surface area (Å²) in [5, 5.41) is 8.35. The molecule has 1 amide bonds. The monoisotopic (exact) mass is 379 g/mol. The zero-order chi connectivity index (χ0) is 20.3. The molecular formula is C22H29N5O. The van der Waals surface area contributed by atoms with Crippen molar-refractivity contribution in [1.82, 2.24) is 25.0 Å². The lowest BCUT2D eigenvalue weighted by atomic mass is 10.1. The third kappa shape index (κ3) is 4.07. The number of nitrogens with zero attached hydrogens (tertiary/aromatic N) is 4. The summed E-state index contributed by atoms with van der Waals surface area (Å²) in [6.45, 7) is 11.5. The van der Waals surface area contributed by atoms with E-state index in [4.69, 9.17) is 0 Å². The van der Waals surface area contributed by atoms with Gasteiger partial charge in [-0.15, -0.1) is 0 Å². The molecule has 0 saturated heterocycles. The maximum Gasteiger partial charge on any atom is 0.252 e. The fourth-order valence-electron chi connectivity index (χ4n) is 3.59.